The Bertz CT molecular complexity index is 1240. The van der Waals surface area contributed by atoms with E-state index in [1.54, 1.807) is 24.4 Å². The van der Waals surface area contributed by atoms with Gasteiger partial charge in [-0.15, -0.1) is 0 Å². The van der Waals surface area contributed by atoms with E-state index >= 15 is 0 Å². The summed E-state index contributed by atoms with van der Waals surface area (Å²) in [5.74, 6) is 1.03. The molecule has 198 valence electrons. The lowest BCUT2D eigenvalue weighted by molar-refractivity contribution is -0.0980. The summed E-state index contributed by atoms with van der Waals surface area (Å²) in [6.45, 7) is 4.08. The van der Waals surface area contributed by atoms with Crippen molar-refractivity contribution < 1.29 is 14.3 Å². The Morgan fingerprint density at radius 3 is 2.37 bits per heavy atom. The van der Waals surface area contributed by atoms with Crippen molar-refractivity contribution in [1.82, 2.24) is 15.2 Å². The summed E-state index contributed by atoms with van der Waals surface area (Å²) in [6, 6.07) is 18.3. The van der Waals surface area contributed by atoms with E-state index < -0.39 is 0 Å². The zero-order chi connectivity index (χ0) is 27.1. The van der Waals surface area contributed by atoms with Gasteiger partial charge in [0.2, 0.25) is 0 Å². The van der Waals surface area contributed by atoms with Gasteiger partial charge in [0.15, 0.2) is 0 Å². The van der Waals surface area contributed by atoms with Gasteiger partial charge in [-0.3, -0.25) is 15.2 Å². The van der Waals surface area contributed by atoms with Crippen LogP contribution in [0.3, 0.4) is 0 Å². The molecule has 0 spiro atoms. The van der Waals surface area contributed by atoms with Gasteiger partial charge >= 0.3 is 0 Å². The average Bonchev–Trinajstić information content (AvgIpc) is 3.80. The average molecular weight is 514 g/mol. The van der Waals surface area contributed by atoms with Gasteiger partial charge in [0.1, 0.15) is 18.6 Å². The van der Waals surface area contributed by atoms with E-state index in [4.69, 9.17) is 20.7 Å². The molecule has 1 saturated carbocycles. The Kier molecular flexibility index (Phi) is 8.86. The van der Waals surface area contributed by atoms with Gasteiger partial charge in [0.05, 0.1) is 17.4 Å². The normalized spacial score (nSPS) is 16.6. The van der Waals surface area contributed by atoms with Crippen molar-refractivity contribution in [2.24, 2.45) is 5.92 Å². The Morgan fingerprint density at radius 2 is 1.74 bits per heavy atom. The highest BCUT2D eigenvalue weighted by Gasteiger charge is 2.34. The van der Waals surface area contributed by atoms with Crippen molar-refractivity contribution in [3.8, 4) is 5.75 Å². The van der Waals surface area contributed by atoms with Crippen molar-refractivity contribution in [2.75, 3.05) is 25.9 Å². The summed E-state index contributed by atoms with van der Waals surface area (Å²) in [6.07, 6.45) is 6.17. The maximum atomic E-state index is 13.2. The molecule has 2 aliphatic rings. The number of nitrogens with two attached hydrogens (primary N) is 1. The number of ether oxygens (including phenoxy) is 1. The van der Waals surface area contributed by atoms with E-state index in [1.165, 1.54) is 0 Å². The highest BCUT2D eigenvalue weighted by molar-refractivity contribution is 6.14. The first kappa shape index (κ1) is 27.0. The van der Waals surface area contributed by atoms with Crippen LogP contribution in [0.4, 0.5) is 5.69 Å². The number of anilines is 1. The highest BCUT2D eigenvalue weighted by atomic mass is 16.5. The Labute approximate surface area is 223 Å². The number of hydrogen-bond acceptors (Lipinski definition) is 7. The first-order valence-electron chi connectivity index (χ1n) is 12.9. The van der Waals surface area contributed by atoms with Crippen LogP contribution in [0, 0.1) is 11.3 Å². The van der Waals surface area contributed by atoms with Gasteiger partial charge in [-0.05, 0) is 93.2 Å². The molecule has 8 nitrogen and oxygen atoms in total. The monoisotopic (exact) mass is 513 g/mol. The minimum atomic E-state index is -0.187. The molecule has 0 bridgehead atoms. The van der Waals surface area contributed by atoms with Crippen LogP contribution in [-0.4, -0.2) is 54.5 Å². The summed E-state index contributed by atoms with van der Waals surface area (Å²) >= 11 is 0. The van der Waals surface area contributed by atoms with Gasteiger partial charge < -0.3 is 25.5 Å². The molecule has 1 aliphatic carbocycles. The number of nitrogen functional groups attached to an aromatic ring is 1. The zero-order valence-corrected chi connectivity index (χ0v) is 21.7. The van der Waals surface area contributed by atoms with Crippen LogP contribution in [0.25, 0.3) is 0 Å². The number of pyridine rings is 1. The van der Waals surface area contributed by atoms with Crippen molar-refractivity contribution >= 4 is 24.1 Å². The highest BCUT2D eigenvalue weighted by Crippen LogP contribution is 2.40. The predicted molar refractivity (Wildman–Crippen MR) is 149 cm³/mol. The number of amides is 1. The number of nitrogens with one attached hydrogen (secondary N) is 2. The molecule has 1 atom stereocenters. The van der Waals surface area contributed by atoms with E-state index in [9.17, 15) is 4.79 Å². The fourth-order valence-electron chi connectivity index (χ4n) is 4.71. The lowest BCUT2D eigenvalue weighted by Gasteiger charge is -2.29. The van der Waals surface area contributed by atoms with Crippen molar-refractivity contribution in [2.45, 2.75) is 37.8 Å². The molecular formula is C30H35N5O3. The molecule has 2 aromatic carbocycles. The van der Waals surface area contributed by atoms with Crippen LogP contribution in [0.15, 0.2) is 66.9 Å². The lowest BCUT2D eigenvalue weighted by Crippen LogP contribution is -2.35. The van der Waals surface area contributed by atoms with Crippen LogP contribution in [0.1, 0.15) is 58.9 Å². The second-order valence-corrected chi connectivity index (χ2v) is 9.87. The molecule has 4 N–H and O–H groups in total. The molecule has 8 heteroatoms. The molecular weight excluding hydrogens is 478 g/mol. The molecule has 2 heterocycles. The minimum absolute atomic E-state index is 0.115. The molecule has 3 aromatic rings. The number of carbonyl (C=O) groups is 2. The van der Waals surface area contributed by atoms with Crippen LogP contribution >= 0.6 is 0 Å². The number of rotatable bonds is 8. The quantitative estimate of drug-likeness (QED) is 0.306. The molecule has 1 aromatic heterocycles. The van der Waals surface area contributed by atoms with Gasteiger partial charge in [-0.2, -0.15) is 0 Å². The molecule has 2 fully saturated rings. The Hall–Kier alpha value is -4.04. The molecule has 0 radical (unpaired) electrons. The molecule has 1 aliphatic heterocycles. The third-order valence-electron chi connectivity index (χ3n) is 7.08. The smallest absolute Gasteiger partial charge is 0.251 e. The van der Waals surface area contributed by atoms with E-state index in [1.807, 2.05) is 49.3 Å². The summed E-state index contributed by atoms with van der Waals surface area (Å²) in [5, 5.41) is 11.9. The minimum Gasteiger partial charge on any atom is -0.490 e. The number of likely N-dealkylation sites (tertiary alicyclic amines) is 1. The van der Waals surface area contributed by atoms with E-state index in [-0.39, 0.29) is 23.8 Å². The molecule has 1 saturated heterocycles. The maximum absolute atomic E-state index is 13.2. The van der Waals surface area contributed by atoms with Crippen LogP contribution < -0.4 is 15.8 Å². The Morgan fingerprint density at radius 1 is 1.05 bits per heavy atom. The van der Waals surface area contributed by atoms with E-state index in [0.717, 1.165) is 55.8 Å². The SMILES string of the molecule is C=O.CN1CCC(Oc2ccc(C(=N)c3cc(C(=O)NC(c4ccccn4)C4CC4)ccc3N)cc2)CC1. The van der Waals surface area contributed by atoms with E-state index in [0.29, 0.717) is 22.7 Å². The number of aromatic nitrogens is 1. The molecule has 1 unspecified atom stereocenters. The number of piperidine rings is 1. The maximum Gasteiger partial charge on any atom is 0.251 e. The first-order chi connectivity index (χ1) is 18.5. The summed E-state index contributed by atoms with van der Waals surface area (Å²) in [4.78, 5) is 27.9. The fourth-order valence-corrected chi connectivity index (χ4v) is 4.71. The van der Waals surface area contributed by atoms with Crippen molar-refractivity contribution in [3.63, 3.8) is 0 Å². The largest absolute Gasteiger partial charge is 0.490 e. The standard InChI is InChI=1S/C29H33N5O2.CH2O/c1-34-16-13-23(14-17-34)36-22-10-7-19(8-11-22)27(31)24-18-21(9-12-25(24)30)29(35)33-28(20-5-6-20)26-4-2-3-15-32-26;1-2/h2-4,7-12,15,18,20,23,28,31H,5-6,13-14,16-17,30H2,1H3,(H,33,35);1H2. The summed E-state index contributed by atoms with van der Waals surface area (Å²) in [5.41, 5.74) is 9.58. The second kappa shape index (κ2) is 12.5. The third-order valence-corrected chi connectivity index (χ3v) is 7.08. The van der Waals surface area contributed by atoms with Gasteiger partial charge in [-0.25, -0.2) is 0 Å². The number of carbonyl (C=O) groups excluding carboxylic acids is 2. The molecule has 1 amide bonds. The molecule has 5 rings (SSSR count). The van der Waals surface area contributed by atoms with Crippen LogP contribution in [0.5, 0.6) is 5.75 Å². The van der Waals surface area contributed by atoms with Gasteiger partial charge in [0.25, 0.3) is 5.91 Å². The zero-order valence-electron chi connectivity index (χ0n) is 21.7. The van der Waals surface area contributed by atoms with Crippen LogP contribution in [-0.2, 0) is 4.79 Å². The number of hydrogen-bond donors (Lipinski definition) is 3. The topological polar surface area (TPSA) is 121 Å². The summed E-state index contributed by atoms with van der Waals surface area (Å²) < 4.78 is 6.14. The second-order valence-electron chi connectivity index (χ2n) is 9.87. The lowest BCUT2D eigenvalue weighted by atomic mass is 9.98. The first-order valence-corrected chi connectivity index (χ1v) is 12.9. The van der Waals surface area contributed by atoms with Gasteiger partial charge in [0, 0.05) is 41.7 Å². The number of benzene rings is 2. The third kappa shape index (κ3) is 6.63. The van der Waals surface area contributed by atoms with E-state index in [2.05, 4.69) is 22.2 Å². The summed E-state index contributed by atoms with van der Waals surface area (Å²) in [7, 11) is 2.13. The van der Waals surface area contributed by atoms with Crippen LogP contribution in [0.2, 0.25) is 0 Å². The Balaban J connectivity index is 0.00000164. The fraction of sp³-hybridized carbons (Fsp3) is 0.333. The molecule has 38 heavy (non-hydrogen) atoms. The number of nitrogens with zero attached hydrogens (tertiary/aromatic N) is 2. The predicted octanol–water partition coefficient (Wildman–Crippen LogP) is 4.25. The van der Waals surface area contributed by atoms with Crippen molar-refractivity contribution in [1.29, 1.82) is 5.41 Å². The van der Waals surface area contributed by atoms with Crippen molar-refractivity contribution in [3.05, 3.63) is 89.2 Å². The van der Waals surface area contributed by atoms with Gasteiger partial charge in [-0.1, -0.05) is 6.07 Å².